The van der Waals surface area contributed by atoms with Crippen LogP contribution in [0.1, 0.15) is 44.1 Å². The monoisotopic (exact) mass is 339 g/mol. The summed E-state index contributed by atoms with van der Waals surface area (Å²) in [7, 11) is 0. The van der Waals surface area contributed by atoms with Gasteiger partial charge in [0.15, 0.2) is 0 Å². The van der Waals surface area contributed by atoms with Crippen LogP contribution in [0.2, 0.25) is 0 Å². The van der Waals surface area contributed by atoms with Crippen molar-refractivity contribution in [2.24, 2.45) is 5.92 Å². The first kappa shape index (κ1) is 17.0. The third-order valence-corrected chi connectivity index (χ3v) is 4.54. The predicted octanol–water partition coefficient (Wildman–Crippen LogP) is 4.42. The SMILES string of the molecule is CC1CCCCC1NCc1nc(-c2cccc(C(F)(F)F)c2)no1. The van der Waals surface area contributed by atoms with Crippen molar-refractivity contribution in [1.29, 1.82) is 0 Å². The Kier molecular flexibility index (Phi) is 4.89. The first-order valence-electron chi connectivity index (χ1n) is 8.17. The summed E-state index contributed by atoms with van der Waals surface area (Å²) in [5.41, 5.74) is -0.425. The maximum absolute atomic E-state index is 12.8. The normalized spacial score (nSPS) is 21.8. The molecule has 1 heterocycles. The van der Waals surface area contributed by atoms with Gasteiger partial charge in [0.05, 0.1) is 12.1 Å². The van der Waals surface area contributed by atoms with Gasteiger partial charge in [-0.3, -0.25) is 0 Å². The van der Waals surface area contributed by atoms with Gasteiger partial charge in [-0.25, -0.2) is 0 Å². The molecular weight excluding hydrogens is 319 g/mol. The van der Waals surface area contributed by atoms with E-state index >= 15 is 0 Å². The van der Waals surface area contributed by atoms with Crippen LogP contribution in [0.4, 0.5) is 13.2 Å². The fourth-order valence-electron chi connectivity index (χ4n) is 3.12. The molecule has 0 saturated heterocycles. The van der Waals surface area contributed by atoms with Crippen LogP contribution in [0, 0.1) is 5.92 Å². The van der Waals surface area contributed by atoms with Gasteiger partial charge in [0, 0.05) is 11.6 Å². The van der Waals surface area contributed by atoms with Gasteiger partial charge in [-0.1, -0.05) is 37.1 Å². The molecule has 130 valence electrons. The molecule has 7 heteroatoms. The first-order chi connectivity index (χ1) is 11.4. The largest absolute Gasteiger partial charge is 0.416 e. The Morgan fingerprint density at radius 3 is 2.79 bits per heavy atom. The van der Waals surface area contributed by atoms with Crippen LogP contribution in [0.3, 0.4) is 0 Å². The van der Waals surface area contributed by atoms with Crippen molar-refractivity contribution >= 4 is 0 Å². The maximum atomic E-state index is 12.8. The number of alkyl halides is 3. The molecule has 2 unspecified atom stereocenters. The van der Waals surface area contributed by atoms with E-state index in [0.717, 1.165) is 18.6 Å². The number of hydrogen-bond donors (Lipinski definition) is 1. The van der Waals surface area contributed by atoms with E-state index in [-0.39, 0.29) is 5.82 Å². The lowest BCUT2D eigenvalue weighted by atomic mass is 9.86. The summed E-state index contributed by atoms with van der Waals surface area (Å²) in [6.07, 6.45) is 0.412. The zero-order valence-corrected chi connectivity index (χ0v) is 13.4. The summed E-state index contributed by atoms with van der Waals surface area (Å²) in [6.45, 7) is 2.65. The first-order valence-corrected chi connectivity index (χ1v) is 8.17. The Bertz CT molecular complexity index is 684. The lowest BCUT2D eigenvalue weighted by molar-refractivity contribution is -0.137. The fraction of sp³-hybridized carbons (Fsp3) is 0.529. The van der Waals surface area contributed by atoms with Crippen molar-refractivity contribution in [3.05, 3.63) is 35.7 Å². The molecule has 24 heavy (non-hydrogen) atoms. The predicted molar refractivity (Wildman–Crippen MR) is 83.0 cm³/mol. The minimum atomic E-state index is -4.39. The van der Waals surface area contributed by atoms with Crippen LogP contribution in [-0.2, 0) is 12.7 Å². The Hall–Kier alpha value is -1.89. The van der Waals surface area contributed by atoms with E-state index in [4.69, 9.17) is 4.52 Å². The van der Waals surface area contributed by atoms with Crippen LogP contribution >= 0.6 is 0 Å². The van der Waals surface area contributed by atoms with Gasteiger partial charge >= 0.3 is 6.18 Å². The molecule has 2 atom stereocenters. The molecule has 4 nitrogen and oxygen atoms in total. The van der Waals surface area contributed by atoms with Gasteiger partial charge in [0.25, 0.3) is 0 Å². The van der Waals surface area contributed by atoms with E-state index in [0.29, 0.717) is 30.0 Å². The second-order valence-electron chi connectivity index (χ2n) is 6.34. The summed E-state index contributed by atoms with van der Waals surface area (Å²) in [5.74, 6) is 1.17. The average molecular weight is 339 g/mol. The molecule has 1 saturated carbocycles. The lowest BCUT2D eigenvalue weighted by Crippen LogP contribution is -2.36. The van der Waals surface area contributed by atoms with Crippen molar-refractivity contribution in [3.8, 4) is 11.4 Å². The lowest BCUT2D eigenvalue weighted by Gasteiger charge is -2.29. The third-order valence-electron chi connectivity index (χ3n) is 4.54. The van der Waals surface area contributed by atoms with E-state index in [1.165, 1.54) is 25.3 Å². The van der Waals surface area contributed by atoms with Crippen LogP contribution < -0.4 is 5.32 Å². The molecular formula is C17H20F3N3O. The fourth-order valence-corrected chi connectivity index (χ4v) is 3.12. The topological polar surface area (TPSA) is 51.0 Å². The highest BCUT2D eigenvalue weighted by Crippen LogP contribution is 2.31. The van der Waals surface area contributed by atoms with Crippen molar-refractivity contribution < 1.29 is 17.7 Å². The quantitative estimate of drug-likeness (QED) is 0.896. The smallest absolute Gasteiger partial charge is 0.338 e. The Labute approximate surface area is 138 Å². The van der Waals surface area contributed by atoms with E-state index in [2.05, 4.69) is 22.4 Å². The molecule has 3 rings (SSSR count). The maximum Gasteiger partial charge on any atom is 0.416 e. The number of nitrogens with one attached hydrogen (secondary N) is 1. The molecule has 2 aromatic rings. The summed E-state index contributed by atoms with van der Waals surface area (Å²) in [4.78, 5) is 4.21. The van der Waals surface area contributed by atoms with Gasteiger partial charge in [0.2, 0.25) is 11.7 Å². The van der Waals surface area contributed by atoms with Crippen molar-refractivity contribution in [2.45, 2.75) is 51.4 Å². The average Bonchev–Trinajstić information content (AvgIpc) is 3.02. The molecule has 0 bridgehead atoms. The molecule has 0 amide bonds. The molecule has 1 aliphatic carbocycles. The molecule has 1 aromatic carbocycles. The van der Waals surface area contributed by atoms with Crippen LogP contribution in [0.25, 0.3) is 11.4 Å². The second kappa shape index (κ2) is 6.93. The number of benzene rings is 1. The highest BCUT2D eigenvalue weighted by Gasteiger charge is 2.30. The third kappa shape index (κ3) is 3.95. The number of halogens is 3. The van der Waals surface area contributed by atoms with Crippen LogP contribution in [-0.4, -0.2) is 16.2 Å². The van der Waals surface area contributed by atoms with Gasteiger partial charge in [-0.05, 0) is 30.9 Å². The molecule has 1 aromatic heterocycles. The van der Waals surface area contributed by atoms with E-state index < -0.39 is 11.7 Å². The molecule has 0 radical (unpaired) electrons. The standard InChI is InChI=1S/C17H20F3N3O/c1-11-5-2-3-8-14(11)21-10-15-22-16(23-24-15)12-6-4-7-13(9-12)17(18,19)20/h4,6-7,9,11,14,21H,2-3,5,8,10H2,1H3. The zero-order valence-electron chi connectivity index (χ0n) is 13.4. The van der Waals surface area contributed by atoms with Crippen LogP contribution in [0.15, 0.2) is 28.8 Å². The van der Waals surface area contributed by atoms with E-state index in [9.17, 15) is 13.2 Å². The Morgan fingerprint density at radius 1 is 1.25 bits per heavy atom. The Balaban J connectivity index is 1.67. The number of rotatable bonds is 4. The molecule has 1 aliphatic rings. The van der Waals surface area contributed by atoms with Crippen LogP contribution in [0.5, 0.6) is 0 Å². The van der Waals surface area contributed by atoms with Crippen molar-refractivity contribution in [2.75, 3.05) is 0 Å². The number of nitrogens with zero attached hydrogens (tertiary/aromatic N) is 2. The van der Waals surface area contributed by atoms with Gasteiger partial charge in [0.1, 0.15) is 0 Å². The molecule has 1 fully saturated rings. The summed E-state index contributed by atoms with van der Waals surface area (Å²) in [6, 6.07) is 5.36. The van der Waals surface area contributed by atoms with E-state index in [1.54, 1.807) is 6.07 Å². The van der Waals surface area contributed by atoms with Gasteiger partial charge in [-0.2, -0.15) is 18.2 Å². The van der Waals surface area contributed by atoms with Crippen molar-refractivity contribution in [3.63, 3.8) is 0 Å². The number of hydrogen-bond acceptors (Lipinski definition) is 4. The minimum absolute atomic E-state index is 0.176. The van der Waals surface area contributed by atoms with Crippen molar-refractivity contribution in [1.82, 2.24) is 15.5 Å². The molecule has 0 aliphatic heterocycles. The minimum Gasteiger partial charge on any atom is -0.338 e. The number of aromatic nitrogens is 2. The second-order valence-corrected chi connectivity index (χ2v) is 6.34. The summed E-state index contributed by atoms with van der Waals surface area (Å²) in [5, 5.41) is 7.21. The summed E-state index contributed by atoms with van der Waals surface area (Å²) >= 11 is 0. The Morgan fingerprint density at radius 2 is 2.04 bits per heavy atom. The highest BCUT2D eigenvalue weighted by molar-refractivity contribution is 5.55. The molecule has 0 spiro atoms. The summed E-state index contributed by atoms with van der Waals surface area (Å²) < 4.78 is 43.5. The highest BCUT2D eigenvalue weighted by atomic mass is 19.4. The van der Waals surface area contributed by atoms with Gasteiger partial charge < -0.3 is 9.84 Å². The van der Waals surface area contributed by atoms with Gasteiger partial charge in [-0.15, -0.1) is 0 Å². The molecule has 1 N–H and O–H groups in total. The zero-order chi connectivity index (χ0) is 17.2. The van der Waals surface area contributed by atoms with E-state index in [1.807, 2.05) is 0 Å².